The van der Waals surface area contributed by atoms with Crippen LogP contribution in [-0.2, 0) is 11.8 Å². The third kappa shape index (κ3) is 1.91. The van der Waals surface area contributed by atoms with Crippen LogP contribution in [0.25, 0.3) is 0 Å². The molecule has 0 spiro atoms. The molecular formula is C8H12N4O3. The number of aryl methyl sites for hydroxylation is 1. The average Bonchev–Trinajstić information content (AvgIpc) is 2.78. The van der Waals surface area contributed by atoms with E-state index in [1.54, 1.807) is 11.6 Å². The van der Waals surface area contributed by atoms with E-state index in [0.29, 0.717) is 19.0 Å². The molecule has 0 amide bonds. The Bertz CT molecular complexity index is 370. The number of imidazole rings is 1. The summed E-state index contributed by atoms with van der Waals surface area (Å²) in [6.07, 6.45) is 2.29. The highest BCUT2D eigenvalue weighted by Crippen LogP contribution is 2.23. The standard InChI is InChI=1S/C8H12N4O3/c1-11-5-9-7(12(13)14)8(11)10-6-2-3-15-4-6/h5-6,10H,2-4H2,1H3. The van der Waals surface area contributed by atoms with Gasteiger partial charge in [-0.15, -0.1) is 0 Å². The molecule has 1 aromatic rings. The van der Waals surface area contributed by atoms with Gasteiger partial charge in [-0.05, 0) is 16.3 Å². The van der Waals surface area contributed by atoms with Crippen molar-refractivity contribution in [1.29, 1.82) is 0 Å². The monoisotopic (exact) mass is 212 g/mol. The fourth-order valence-corrected chi connectivity index (χ4v) is 1.56. The Morgan fingerprint density at radius 3 is 3.20 bits per heavy atom. The van der Waals surface area contributed by atoms with Gasteiger partial charge in [0, 0.05) is 13.7 Å². The van der Waals surface area contributed by atoms with E-state index in [4.69, 9.17) is 4.74 Å². The zero-order chi connectivity index (χ0) is 10.8. The summed E-state index contributed by atoms with van der Waals surface area (Å²) in [5.74, 6) is 0.305. The number of nitrogens with one attached hydrogen (secondary N) is 1. The maximum atomic E-state index is 10.7. The Labute approximate surface area is 86.2 Å². The lowest BCUT2D eigenvalue weighted by Crippen LogP contribution is -2.21. The van der Waals surface area contributed by atoms with E-state index < -0.39 is 4.92 Å². The largest absolute Gasteiger partial charge is 0.406 e. The second-order valence-corrected chi connectivity index (χ2v) is 3.49. The predicted octanol–water partition coefficient (Wildman–Crippen LogP) is 0.529. The third-order valence-corrected chi connectivity index (χ3v) is 2.36. The van der Waals surface area contributed by atoms with Gasteiger partial charge in [-0.2, -0.15) is 0 Å². The average molecular weight is 212 g/mol. The first-order chi connectivity index (χ1) is 7.18. The van der Waals surface area contributed by atoms with Gasteiger partial charge in [-0.1, -0.05) is 0 Å². The number of hydrogen-bond acceptors (Lipinski definition) is 5. The van der Waals surface area contributed by atoms with Crippen LogP contribution in [0.1, 0.15) is 6.42 Å². The van der Waals surface area contributed by atoms with Crippen molar-refractivity contribution in [3.8, 4) is 0 Å². The van der Waals surface area contributed by atoms with Crippen molar-refractivity contribution in [3.05, 3.63) is 16.4 Å². The Morgan fingerprint density at radius 2 is 2.60 bits per heavy atom. The lowest BCUT2D eigenvalue weighted by atomic mass is 10.2. The van der Waals surface area contributed by atoms with Crippen LogP contribution in [0.5, 0.6) is 0 Å². The summed E-state index contributed by atoms with van der Waals surface area (Å²) in [5, 5.41) is 13.7. The molecule has 7 nitrogen and oxygen atoms in total. The lowest BCUT2D eigenvalue weighted by molar-refractivity contribution is -0.388. The van der Waals surface area contributed by atoms with Crippen molar-refractivity contribution in [2.75, 3.05) is 18.5 Å². The minimum Gasteiger partial charge on any atom is -0.379 e. The number of hydrogen-bond donors (Lipinski definition) is 1. The van der Waals surface area contributed by atoms with E-state index in [0.717, 1.165) is 6.42 Å². The summed E-state index contributed by atoms with van der Waals surface area (Å²) in [7, 11) is 1.72. The van der Waals surface area contributed by atoms with Crippen molar-refractivity contribution >= 4 is 11.6 Å². The number of ether oxygens (including phenoxy) is 1. The van der Waals surface area contributed by atoms with Gasteiger partial charge >= 0.3 is 5.82 Å². The van der Waals surface area contributed by atoms with Crippen LogP contribution >= 0.6 is 0 Å². The molecular weight excluding hydrogens is 200 g/mol. The molecule has 0 bridgehead atoms. The van der Waals surface area contributed by atoms with E-state index in [1.807, 2.05) is 0 Å². The van der Waals surface area contributed by atoms with Gasteiger partial charge in [0.25, 0.3) is 0 Å². The lowest BCUT2D eigenvalue weighted by Gasteiger charge is -2.11. The number of rotatable bonds is 3. The molecule has 1 N–H and O–H groups in total. The molecule has 1 fully saturated rings. The molecule has 0 aliphatic carbocycles. The molecule has 1 unspecified atom stereocenters. The van der Waals surface area contributed by atoms with Crippen molar-refractivity contribution in [3.63, 3.8) is 0 Å². The van der Waals surface area contributed by atoms with E-state index in [2.05, 4.69) is 10.3 Å². The summed E-state index contributed by atoms with van der Waals surface area (Å²) in [6.45, 7) is 1.28. The smallest absolute Gasteiger partial charge is 0.379 e. The molecule has 0 saturated carbocycles. The van der Waals surface area contributed by atoms with Crippen LogP contribution in [-0.4, -0.2) is 33.7 Å². The van der Waals surface area contributed by atoms with Crippen molar-refractivity contribution < 1.29 is 9.66 Å². The summed E-state index contributed by atoms with van der Waals surface area (Å²) in [6, 6.07) is 0.138. The summed E-state index contributed by atoms with van der Waals surface area (Å²) in [5.41, 5.74) is 0. The zero-order valence-corrected chi connectivity index (χ0v) is 8.34. The number of nitrogens with zero attached hydrogens (tertiary/aromatic N) is 3. The highest BCUT2D eigenvalue weighted by Gasteiger charge is 2.24. The third-order valence-electron chi connectivity index (χ3n) is 2.36. The van der Waals surface area contributed by atoms with Gasteiger partial charge in [0.15, 0.2) is 0 Å². The highest BCUT2D eigenvalue weighted by atomic mass is 16.6. The normalized spacial score (nSPS) is 20.5. The molecule has 2 heterocycles. The van der Waals surface area contributed by atoms with Gasteiger partial charge in [0.05, 0.1) is 12.6 Å². The maximum Gasteiger partial charge on any atom is 0.406 e. The van der Waals surface area contributed by atoms with Crippen LogP contribution in [0.15, 0.2) is 6.33 Å². The molecule has 1 aliphatic rings. The first-order valence-corrected chi connectivity index (χ1v) is 4.68. The van der Waals surface area contributed by atoms with E-state index in [1.165, 1.54) is 6.33 Å². The topological polar surface area (TPSA) is 82.2 Å². The van der Waals surface area contributed by atoms with Crippen LogP contribution in [0, 0.1) is 10.1 Å². The second-order valence-electron chi connectivity index (χ2n) is 3.49. The molecule has 2 rings (SSSR count). The number of anilines is 1. The SMILES string of the molecule is Cn1cnc([N+](=O)[O-])c1NC1CCOC1. The summed E-state index contributed by atoms with van der Waals surface area (Å²) >= 11 is 0. The highest BCUT2D eigenvalue weighted by molar-refractivity contribution is 5.52. The molecule has 1 saturated heterocycles. The van der Waals surface area contributed by atoms with E-state index in [-0.39, 0.29) is 11.9 Å². The van der Waals surface area contributed by atoms with Gasteiger partial charge < -0.3 is 20.2 Å². The Balaban J connectivity index is 2.18. The summed E-state index contributed by atoms with van der Waals surface area (Å²) in [4.78, 5) is 13.9. The summed E-state index contributed by atoms with van der Waals surface area (Å²) < 4.78 is 6.79. The van der Waals surface area contributed by atoms with Gasteiger partial charge in [0.2, 0.25) is 12.1 Å². The van der Waals surface area contributed by atoms with Gasteiger partial charge in [-0.25, -0.2) is 0 Å². The minimum absolute atomic E-state index is 0.135. The van der Waals surface area contributed by atoms with E-state index in [9.17, 15) is 10.1 Å². The Morgan fingerprint density at radius 1 is 1.80 bits per heavy atom. The van der Waals surface area contributed by atoms with E-state index >= 15 is 0 Å². The van der Waals surface area contributed by atoms with Crippen LogP contribution in [0.4, 0.5) is 11.6 Å². The van der Waals surface area contributed by atoms with Crippen LogP contribution in [0.2, 0.25) is 0 Å². The predicted molar refractivity (Wildman–Crippen MR) is 52.7 cm³/mol. The number of nitro groups is 1. The molecule has 0 radical (unpaired) electrons. The van der Waals surface area contributed by atoms with Crippen molar-refractivity contribution in [1.82, 2.24) is 9.55 Å². The van der Waals surface area contributed by atoms with Crippen LogP contribution in [0.3, 0.4) is 0 Å². The molecule has 0 aromatic carbocycles. The zero-order valence-electron chi connectivity index (χ0n) is 8.34. The van der Waals surface area contributed by atoms with Crippen molar-refractivity contribution in [2.45, 2.75) is 12.5 Å². The fraction of sp³-hybridized carbons (Fsp3) is 0.625. The molecule has 7 heteroatoms. The fourth-order valence-electron chi connectivity index (χ4n) is 1.56. The Kier molecular flexibility index (Phi) is 2.55. The molecule has 1 aromatic heterocycles. The molecule has 15 heavy (non-hydrogen) atoms. The van der Waals surface area contributed by atoms with Crippen molar-refractivity contribution in [2.24, 2.45) is 7.05 Å². The first-order valence-electron chi connectivity index (χ1n) is 4.68. The minimum atomic E-state index is -0.488. The quantitative estimate of drug-likeness (QED) is 0.583. The molecule has 1 atom stereocenters. The molecule has 1 aliphatic heterocycles. The second kappa shape index (κ2) is 3.85. The number of aromatic nitrogens is 2. The van der Waals surface area contributed by atoms with Crippen LogP contribution < -0.4 is 5.32 Å². The Hall–Kier alpha value is -1.63. The maximum absolute atomic E-state index is 10.7. The first kappa shape index (κ1) is 9.91. The van der Waals surface area contributed by atoms with Gasteiger partial charge in [0.1, 0.15) is 0 Å². The van der Waals surface area contributed by atoms with Gasteiger partial charge in [-0.3, -0.25) is 4.57 Å². The molecule has 82 valence electrons.